The quantitative estimate of drug-likeness (QED) is 0.637. The van der Waals surface area contributed by atoms with Crippen LogP contribution in [0.25, 0.3) is 0 Å². The Balaban J connectivity index is 2.21. The molecule has 1 heterocycles. The molecule has 5 heteroatoms. The molecule has 1 aromatic heterocycles. The second-order valence-electron chi connectivity index (χ2n) is 4.44. The van der Waals surface area contributed by atoms with Crippen LogP contribution in [0.3, 0.4) is 0 Å². The molecule has 1 saturated carbocycles. The molecule has 0 radical (unpaired) electrons. The lowest BCUT2D eigenvalue weighted by atomic mass is 10.2. The van der Waals surface area contributed by atoms with Crippen LogP contribution in [-0.4, -0.2) is 23.1 Å². The summed E-state index contributed by atoms with van der Waals surface area (Å²) >= 11 is 0. The molecule has 0 bridgehead atoms. The van der Waals surface area contributed by atoms with Crippen LogP contribution in [0.15, 0.2) is 6.07 Å². The van der Waals surface area contributed by atoms with Crippen LogP contribution in [0, 0.1) is 18.4 Å². The average molecular weight is 231 g/mol. The van der Waals surface area contributed by atoms with Crippen molar-refractivity contribution in [3.63, 3.8) is 0 Å². The molecule has 2 rings (SSSR count). The maximum Gasteiger partial charge on any atom is 0.182 e. The van der Waals surface area contributed by atoms with Gasteiger partial charge in [-0.05, 0) is 19.8 Å². The minimum atomic E-state index is 0.569. The monoisotopic (exact) mass is 231 g/mol. The molecule has 90 valence electrons. The third-order valence-electron chi connectivity index (χ3n) is 3.24. The molecule has 5 nitrogen and oxygen atoms in total. The van der Waals surface area contributed by atoms with Crippen LogP contribution in [0.5, 0.6) is 0 Å². The minimum Gasteiger partial charge on any atom is -0.357 e. The van der Waals surface area contributed by atoms with Crippen LogP contribution in [0.1, 0.15) is 31.5 Å². The maximum absolute atomic E-state index is 8.62. The van der Waals surface area contributed by atoms with Gasteiger partial charge in [-0.25, -0.2) is 9.97 Å². The van der Waals surface area contributed by atoms with Crippen molar-refractivity contribution in [1.29, 1.82) is 5.26 Å². The highest BCUT2D eigenvalue weighted by Gasteiger charge is 2.21. The summed E-state index contributed by atoms with van der Waals surface area (Å²) in [6.45, 7) is 1.84. The molecular weight excluding hydrogens is 214 g/mol. The van der Waals surface area contributed by atoms with E-state index in [-0.39, 0.29) is 0 Å². The summed E-state index contributed by atoms with van der Waals surface area (Å²) in [7, 11) is 2.06. The summed E-state index contributed by atoms with van der Waals surface area (Å²) in [5.41, 5.74) is 0. The van der Waals surface area contributed by atoms with E-state index in [1.165, 1.54) is 25.7 Å². The first-order chi connectivity index (χ1) is 8.20. The molecule has 17 heavy (non-hydrogen) atoms. The molecule has 0 saturated heterocycles. The van der Waals surface area contributed by atoms with Gasteiger partial charge in [0.05, 0.1) is 0 Å². The van der Waals surface area contributed by atoms with E-state index < -0.39 is 0 Å². The van der Waals surface area contributed by atoms with Crippen molar-refractivity contribution in [2.24, 2.45) is 0 Å². The van der Waals surface area contributed by atoms with Gasteiger partial charge < -0.3 is 4.90 Å². The van der Waals surface area contributed by atoms with E-state index in [9.17, 15) is 0 Å². The van der Waals surface area contributed by atoms with Gasteiger partial charge in [-0.3, -0.25) is 5.32 Å². The number of aryl methyl sites for hydroxylation is 1. The summed E-state index contributed by atoms with van der Waals surface area (Å²) < 4.78 is 0. The van der Waals surface area contributed by atoms with E-state index in [1.54, 1.807) is 0 Å². The molecule has 1 aliphatic carbocycles. The van der Waals surface area contributed by atoms with Crippen LogP contribution in [0.4, 0.5) is 11.6 Å². The van der Waals surface area contributed by atoms with Crippen molar-refractivity contribution in [3.05, 3.63) is 11.9 Å². The third kappa shape index (κ3) is 2.64. The van der Waals surface area contributed by atoms with Gasteiger partial charge in [-0.1, -0.05) is 12.8 Å². The number of hydrogen-bond donors (Lipinski definition) is 1. The normalized spacial score (nSPS) is 15.6. The van der Waals surface area contributed by atoms with Gasteiger partial charge in [0.25, 0.3) is 0 Å². The SMILES string of the molecule is Cc1nc(NC#N)cc(N(C)C2CCCC2)n1. The van der Waals surface area contributed by atoms with Crippen molar-refractivity contribution < 1.29 is 0 Å². The topological polar surface area (TPSA) is 64.8 Å². The second kappa shape index (κ2) is 5.00. The Hall–Kier alpha value is -1.83. The lowest BCUT2D eigenvalue weighted by molar-refractivity contribution is 0.645. The Bertz CT molecular complexity index is 431. The fourth-order valence-electron chi connectivity index (χ4n) is 2.33. The third-order valence-corrected chi connectivity index (χ3v) is 3.24. The zero-order valence-corrected chi connectivity index (χ0v) is 10.3. The Labute approximate surface area is 101 Å². The molecule has 0 spiro atoms. The summed E-state index contributed by atoms with van der Waals surface area (Å²) in [5.74, 6) is 2.15. The Morgan fingerprint density at radius 2 is 2.12 bits per heavy atom. The highest BCUT2D eigenvalue weighted by molar-refractivity contribution is 5.51. The molecule has 0 aromatic carbocycles. The minimum absolute atomic E-state index is 0.569. The van der Waals surface area contributed by atoms with E-state index in [4.69, 9.17) is 5.26 Å². The van der Waals surface area contributed by atoms with E-state index in [2.05, 4.69) is 27.2 Å². The van der Waals surface area contributed by atoms with E-state index in [1.807, 2.05) is 19.2 Å². The lowest BCUT2D eigenvalue weighted by Crippen LogP contribution is -2.29. The zero-order valence-electron chi connectivity index (χ0n) is 10.3. The Morgan fingerprint density at radius 3 is 2.76 bits per heavy atom. The van der Waals surface area contributed by atoms with Gasteiger partial charge in [0.1, 0.15) is 17.5 Å². The van der Waals surface area contributed by atoms with Crippen molar-refractivity contribution in [1.82, 2.24) is 9.97 Å². The molecule has 1 fully saturated rings. The first-order valence-electron chi connectivity index (χ1n) is 5.94. The summed E-state index contributed by atoms with van der Waals surface area (Å²) in [4.78, 5) is 10.8. The van der Waals surface area contributed by atoms with Gasteiger partial charge in [0, 0.05) is 19.2 Å². The molecule has 1 aromatic rings. The van der Waals surface area contributed by atoms with Gasteiger partial charge in [0.15, 0.2) is 6.19 Å². The van der Waals surface area contributed by atoms with Crippen LogP contribution in [-0.2, 0) is 0 Å². The first-order valence-corrected chi connectivity index (χ1v) is 5.94. The standard InChI is InChI=1S/C12H17N5/c1-9-15-11(14-8-13)7-12(16-9)17(2)10-5-3-4-6-10/h7,10H,3-6H2,1-2H3,(H,14,15,16). The maximum atomic E-state index is 8.62. The predicted molar refractivity (Wildman–Crippen MR) is 66.7 cm³/mol. The van der Waals surface area contributed by atoms with Gasteiger partial charge in [-0.15, -0.1) is 0 Å². The van der Waals surface area contributed by atoms with Crippen LogP contribution >= 0.6 is 0 Å². The average Bonchev–Trinajstić information content (AvgIpc) is 2.81. The van der Waals surface area contributed by atoms with Crippen LogP contribution in [0.2, 0.25) is 0 Å². The lowest BCUT2D eigenvalue weighted by Gasteiger charge is -2.25. The summed E-state index contributed by atoms with van der Waals surface area (Å²) in [6, 6.07) is 2.40. The van der Waals surface area contributed by atoms with E-state index in [0.29, 0.717) is 17.7 Å². The number of nitrogens with one attached hydrogen (secondary N) is 1. The van der Waals surface area contributed by atoms with Gasteiger partial charge in [-0.2, -0.15) is 5.26 Å². The smallest absolute Gasteiger partial charge is 0.182 e. The number of anilines is 2. The highest BCUT2D eigenvalue weighted by atomic mass is 15.2. The molecule has 0 aliphatic heterocycles. The molecule has 0 atom stereocenters. The second-order valence-corrected chi connectivity index (χ2v) is 4.44. The zero-order chi connectivity index (χ0) is 12.3. The number of hydrogen-bond acceptors (Lipinski definition) is 5. The van der Waals surface area contributed by atoms with E-state index in [0.717, 1.165) is 5.82 Å². The Morgan fingerprint density at radius 1 is 1.41 bits per heavy atom. The summed E-state index contributed by atoms with van der Waals surface area (Å²) in [5, 5.41) is 11.2. The fraction of sp³-hybridized carbons (Fsp3) is 0.583. The number of nitrogens with zero attached hydrogens (tertiary/aromatic N) is 4. The largest absolute Gasteiger partial charge is 0.357 e. The number of aromatic nitrogens is 2. The van der Waals surface area contributed by atoms with Crippen molar-refractivity contribution in [2.75, 3.05) is 17.3 Å². The molecule has 1 aliphatic rings. The Kier molecular flexibility index (Phi) is 3.43. The molecule has 1 N–H and O–H groups in total. The predicted octanol–water partition coefficient (Wildman–Crippen LogP) is 2.06. The summed E-state index contributed by atoms with van der Waals surface area (Å²) in [6.07, 6.45) is 6.92. The fourth-order valence-corrected chi connectivity index (χ4v) is 2.33. The van der Waals surface area contributed by atoms with Crippen LogP contribution < -0.4 is 10.2 Å². The molecule has 0 unspecified atom stereocenters. The number of nitriles is 1. The van der Waals surface area contributed by atoms with Crippen molar-refractivity contribution in [3.8, 4) is 6.19 Å². The first kappa shape index (κ1) is 11.6. The highest BCUT2D eigenvalue weighted by Crippen LogP contribution is 2.26. The van der Waals surface area contributed by atoms with E-state index >= 15 is 0 Å². The van der Waals surface area contributed by atoms with Crippen molar-refractivity contribution >= 4 is 11.6 Å². The van der Waals surface area contributed by atoms with Gasteiger partial charge in [0.2, 0.25) is 0 Å². The number of rotatable bonds is 3. The van der Waals surface area contributed by atoms with Gasteiger partial charge >= 0.3 is 0 Å². The molecule has 0 amide bonds. The van der Waals surface area contributed by atoms with Crippen molar-refractivity contribution in [2.45, 2.75) is 38.6 Å². The molecular formula is C12H17N5.